The van der Waals surface area contributed by atoms with Crippen LogP contribution in [-0.4, -0.2) is 16.0 Å². The molecule has 6 heteroatoms. The molecule has 0 atom stereocenters. The van der Waals surface area contributed by atoms with Gasteiger partial charge in [0.2, 0.25) is 0 Å². The third-order valence-electron chi connectivity index (χ3n) is 3.99. The van der Waals surface area contributed by atoms with E-state index in [4.69, 9.17) is 0 Å². The zero-order valence-corrected chi connectivity index (χ0v) is 13.7. The second-order valence-electron chi connectivity index (χ2n) is 5.77. The molecule has 2 aromatic heterocycles. The van der Waals surface area contributed by atoms with Gasteiger partial charge in [-0.25, -0.2) is 14.2 Å². The van der Waals surface area contributed by atoms with E-state index in [1.807, 2.05) is 42.6 Å². The van der Waals surface area contributed by atoms with Crippen molar-refractivity contribution in [3.8, 4) is 11.1 Å². The highest BCUT2D eigenvalue weighted by molar-refractivity contribution is 6.00. The molecule has 3 N–H and O–H groups in total. The van der Waals surface area contributed by atoms with E-state index in [1.54, 1.807) is 12.3 Å². The predicted molar refractivity (Wildman–Crippen MR) is 101 cm³/mol. The van der Waals surface area contributed by atoms with Gasteiger partial charge in [0.25, 0.3) is 0 Å². The SMILES string of the molecule is O=C(Nc1ccc(-c2c[nH]c3ncccc23)cc1)Nc1cccc(F)c1. The van der Waals surface area contributed by atoms with Gasteiger partial charge < -0.3 is 15.6 Å². The van der Waals surface area contributed by atoms with E-state index in [-0.39, 0.29) is 0 Å². The number of benzene rings is 2. The Morgan fingerprint density at radius 3 is 2.58 bits per heavy atom. The van der Waals surface area contributed by atoms with Crippen LogP contribution in [-0.2, 0) is 0 Å². The maximum atomic E-state index is 13.2. The molecular formula is C20H15FN4O. The normalized spacial score (nSPS) is 10.7. The van der Waals surface area contributed by atoms with E-state index < -0.39 is 11.8 Å². The maximum Gasteiger partial charge on any atom is 0.323 e. The van der Waals surface area contributed by atoms with Gasteiger partial charge in [0.15, 0.2) is 0 Å². The molecule has 2 aromatic carbocycles. The van der Waals surface area contributed by atoms with Crippen molar-refractivity contribution in [3.05, 3.63) is 78.9 Å². The van der Waals surface area contributed by atoms with E-state index in [9.17, 15) is 9.18 Å². The largest absolute Gasteiger partial charge is 0.346 e. The number of fused-ring (bicyclic) bond motifs is 1. The van der Waals surface area contributed by atoms with Gasteiger partial charge in [-0.2, -0.15) is 0 Å². The van der Waals surface area contributed by atoms with Crippen molar-refractivity contribution in [3.63, 3.8) is 0 Å². The molecule has 0 aliphatic rings. The van der Waals surface area contributed by atoms with E-state index in [2.05, 4.69) is 20.6 Å². The molecule has 0 radical (unpaired) electrons. The fraction of sp³-hybridized carbons (Fsp3) is 0. The molecule has 0 saturated heterocycles. The smallest absolute Gasteiger partial charge is 0.323 e. The van der Waals surface area contributed by atoms with Crippen molar-refractivity contribution in [1.29, 1.82) is 0 Å². The number of carbonyl (C=O) groups is 1. The summed E-state index contributed by atoms with van der Waals surface area (Å²) in [6, 6.07) is 16.7. The third kappa shape index (κ3) is 3.25. The number of aromatic nitrogens is 2. The molecule has 0 saturated carbocycles. The molecule has 5 nitrogen and oxygen atoms in total. The Labute approximate surface area is 148 Å². The highest BCUT2D eigenvalue weighted by atomic mass is 19.1. The van der Waals surface area contributed by atoms with Crippen LogP contribution in [0.3, 0.4) is 0 Å². The fourth-order valence-corrected chi connectivity index (χ4v) is 2.79. The Hall–Kier alpha value is -3.67. The van der Waals surface area contributed by atoms with Crippen LogP contribution in [0, 0.1) is 5.82 Å². The predicted octanol–water partition coefficient (Wildman–Crippen LogP) is 5.01. The van der Waals surface area contributed by atoms with E-state index in [0.717, 1.165) is 22.2 Å². The first-order chi connectivity index (χ1) is 12.7. The van der Waals surface area contributed by atoms with Gasteiger partial charge >= 0.3 is 6.03 Å². The molecule has 2 heterocycles. The zero-order chi connectivity index (χ0) is 17.9. The summed E-state index contributed by atoms with van der Waals surface area (Å²) >= 11 is 0. The summed E-state index contributed by atoms with van der Waals surface area (Å²) in [6.45, 7) is 0. The van der Waals surface area contributed by atoms with Gasteiger partial charge in [-0.05, 0) is 48.0 Å². The van der Waals surface area contributed by atoms with Gasteiger partial charge in [-0.3, -0.25) is 0 Å². The topological polar surface area (TPSA) is 69.8 Å². The van der Waals surface area contributed by atoms with Crippen molar-refractivity contribution < 1.29 is 9.18 Å². The maximum absolute atomic E-state index is 13.2. The van der Waals surface area contributed by atoms with E-state index in [1.165, 1.54) is 18.2 Å². The Morgan fingerprint density at radius 1 is 0.962 bits per heavy atom. The summed E-state index contributed by atoms with van der Waals surface area (Å²) in [5.74, 6) is -0.402. The summed E-state index contributed by atoms with van der Waals surface area (Å²) < 4.78 is 13.2. The van der Waals surface area contributed by atoms with Crippen LogP contribution in [0.4, 0.5) is 20.6 Å². The number of pyridine rings is 1. The van der Waals surface area contributed by atoms with Crippen LogP contribution in [0.2, 0.25) is 0 Å². The Bertz CT molecular complexity index is 1070. The summed E-state index contributed by atoms with van der Waals surface area (Å²) in [7, 11) is 0. The molecule has 4 rings (SSSR count). The summed E-state index contributed by atoms with van der Waals surface area (Å²) in [4.78, 5) is 19.5. The number of amides is 2. The Balaban J connectivity index is 1.48. The first-order valence-electron chi connectivity index (χ1n) is 8.05. The lowest BCUT2D eigenvalue weighted by Crippen LogP contribution is -2.19. The Kier molecular flexibility index (Phi) is 4.07. The number of halogens is 1. The molecule has 0 aliphatic carbocycles. The second-order valence-corrected chi connectivity index (χ2v) is 5.77. The minimum Gasteiger partial charge on any atom is -0.346 e. The molecule has 0 unspecified atom stereocenters. The lowest BCUT2D eigenvalue weighted by Gasteiger charge is -2.08. The Morgan fingerprint density at radius 2 is 1.77 bits per heavy atom. The molecule has 128 valence electrons. The number of nitrogens with zero attached hydrogens (tertiary/aromatic N) is 1. The van der Waals surface area contributed by atoms with Gasteiger partial charge in [0.05, 0.1) is 0 Å². The van der Waals surface area contributed by atoms with Crippen LogP contribution in [0.5, 0.6) is 0 Å². The number of hydrogen-bond acceptors (Lipinski definition) is 2. The van der Waals surface area contributed by atoms with Crippen LogP contribution in [0.1, 0.15) is 0 Å². The monoisotopic (exact) mass is 346 g/mol. The zero-order valence-electron chi connectivity index (χ0n) is 13.7. The van der Waals surface area contributed by atoms with Gasteiger partial charge in [0, 0.05) is 34.7 Å². The average molecular weight is 346 g/mol. The van der Waals surface area contributed by atoms with Crippen molar-refractivity contribution in [1.82, 2.24) is 9.97 Å². The first kappa shape index (κ1) is 15.8. The first-order valence-corrected chi connectivity index (χ1v) is 8.05. The quantitative estimate of drug-likeness (QED) is 0.488. The number of urea groups is 1. The average Bonchev–Trinajstić information content (AvgIpc) is 3.06. The minimum atomic E-state index is -0.431. The molecule has 0 bridgehead atoms. The van der Waals surface area contributed by atoms with Crippen molar-refractivity contribution >= 4 is 28.4 Å². The van der Waals surface area contributed by atoms with Crippen LogP contribution in [0.15, 0.2) is 73.1 Å². The number of aromatic amines is 1. The summed E-state index contributed by atoms with van der Waals surface area (Å²) in [5, 5.41) is 6.36. The van der Waals surface area contributed by atoms with Gasteiger partial charge in [-0.1, -0.05) is 18.2 Å². The van der Waals surface area contributed by atoms with Gasteiger partial charge in [-0.15, -0.1) is 0 Å². The molecular weight excluding hydrogens is 331 g/mol. The van der Waals surface area contributed by atoms with Gasteiger partial charge in [0.1, 0.15) is 11.5 Å². The fourth-order valence-electron chi connectivity index (χ4n) is 2.79. The van der Waals surface area contributed by atoms with Crippen LogP contribution >= 0.6 is 0 Å². The van der Waals surface area contributed by atoms with Crippen LogP contribution in [0.25, 0.3) is 22.2 Å². The van der Waals surface area contributed by atoms with Crippen molar-refractivity contribution in [2.45, 2.75) is 0 Å². The lowest BCUT2D eigenvalue weighted by molar-refractivity contribution is 0.262. The molecule has 0 spiro atoms. The standard InChI is InChI=1S/C20H15FN4O/c21-14-3-1-4-16(11-14)25-20(26)24-15-8-6-13(7-9-15)18-12-23-19-17(18)5-2-10-22-19/h1-12H,(H,22,23)(H2,24,25,26). The summed E-state index contributed by atoms with van der Waals surface area (Å²) in [5.41, 5.74) is 3.93. The number of carbonyl (C=O) groups excluding carboxylic acids is 1. The van der Waals surface area contributed by atoms with E-state index >= 15 is 0 Å². The molecule has 0 aliphatic heterocycles. The molecule has 26 heavy (non-hydrogen) atoms. The minimum absolute atomic E-state index is 0.394. The lowest BCUT2D eigenvalue weighted by atomic mass is 10.1. The second kappa shape index (κ2) is 6.68. The summed E-state index contributed by atoms with van der Waals surface area (Å²) in [6.07, 6.45) is 3.66. The number of anilines is 2. The third-order valence-corrected chi connectivity index (χ3v) is 3.99. The van der Waals surface area contributed by atoms with Crippen molar-refractivity contribution in [2.75, 3.05) is 10.6 Å². The number of hydrogen-bond donors (Lipinski definition) is 3. The highest BCUT2D eigenvalue weighted by Gasteiger charge is 2.07. The van der Waals surface area contributed by atoms with Crippen LogP contribution < -0.4 is 10.6 Å². The highest BCUT2D eigenvalue weighted by Crippen LogP contribution is 2.28. The number of rotatable bonds is 3. The molecule has 0 fully saturated rings. The molecule has 2 amide bonds. The molecule has 4 aromatic rings. The van der Waals surface area contributed by atoms with E-state index in [0.29, 0.717) is 11.4 Å². The number of nitrogens with one attached hydrogen (secondary N) is 3. The van der Waals surface area contributed by atoms with Crippen molar-refractivity contribution in [2.24, 2.45) is 0 Å². The number of H-pyrrole nitrogens is 1.